The molecule has 25 heavy (non-hydrogen) atoms. The molecule has 1 heterocycles. The lowest BCUT2D eigenvalue weighted by atomic mass is 10.00. The fourth-order valence-corrected chi connectivity index (χ4v) is 3.41. The molecule has 1 aromatic rings. The van der Waals surface area contributed by atoms with E-state index in [1.165, 1.54) is 16.7 Å². The predicted octanol–water partition coefficient (Wildman–Crippen LogP) is 2.17. The number of aryl methyl sites for hydroxylation is 2. The minimum atomic E-state index is -0.0705. The zero-order valence-corrected chi connectivity index (χ0v) is 16.4. The minimum absolute atomic E-state index is 0.0705. The molecule has 1 aliphatic rings. The van der Waals surface area contributed by atoms with Crippen LogP contribution >= 0.6 is 0 Å². The lowest BCUT2D eigenvalue weighted by molar-refractivity contribution is 0.144. The summed E-state index contributed by atoms with van der Waals surface area (Å²) < 4.78 is 0. The molecule has 0 spiro atoms. The van der Waals surface area contributed by atoms with Crippen molar-refractivity contribution in [1.82, 2.24) is 20.4 Å². The zero-order chi connectivity index (χ0) is 18.4. The molecule has 140 valence electrons. The van der Waals surface area contributed by atoms with Gasteiger partial charge in [-0.05, 0) is 52.3 Å². The second-order valence-electron chi connectivity index (χ2n) is 7.66. The molecule has 2 rings (SSSR count). The van der Waals surface area contributed by atoms with Crippen LogP contribution in [0.3, 0.4) is 0 Å². The highest BCUT2D eigenvalue weighted by atomic mass is 16.2. The Hall–Kier alpha value is -1.59. The monoisotopic (exact) mass is 346 g/mol. The first-order valence-corrected chi connectivity index (χ1v) is 9.37. The number of rotatable bonds is 6. The SMILES string of the molecule is Cc1ccc(CC(C)NC(=O)NC(C)CN2CCN(C)CC2)c(C)c1. The van der Waals surface area contributed by atoms with Gasteiger partial charge in [-0.2, -0.15) is 0 Å². The molecule has 0 radical (unpaired) electrons. The third-order valence-electron chi connectivity index (χ3n) is 4.91. The van der Waals surface area contributed by atoms with E-state index in [1.54, 1.807) is 0 Å². The van der Waals surface area contributed by atoms with Crippen LogP contribution in [-0.4, -0.2) is 67.7 Å². The smallest absolute Gasteiger partial charge is 0.315 e. The van der Waals surface area contributed by atoms with Crippen LogP contribution in [0, 0.1) is 13.8 Å². The van der Waals surface area contributed by atoms with Crippen LogP contribution in [0.25, 0.3) is 0 Å². The Labute approximate surface area is 152 Å². The number of hydrogen-bond donors (Lipinski definition) is 2. The second-order valence-corrected chi connectivity index (χ2v) is 7.66. The number of piperazine rings is 1. The summed E-state index contributed by atoms with van der Waals surface area (Å²) in [5.41, 5.74) is 3.86. The van der Waals surface area contributed by atoms with Crippen LogP contribution in [0.5, 0.6) is 0 Å². The van der Waals surface area contributed by atoms with Gasteiger partial charge in [0, 0.05) is 44.8 Å². The maximum atomic E-state index is 12.2. The first-order chi connectivity index (χ1) is 11.8. The highest BCUT2D eigenvalue weighted by molar-refractivity contribution is 5.74. The molecule has 1 fully saturated rings. The lowest BCUT2D eigenvalue weighted by Gasteiger charge is -2.34. The number of benzene rings is 1. The van der Waals surface area contributed by atoms with E-state index < -0.39 is 0 Å². The van der Waals surface area contributed by atoms with Gasteiger partial charge in [0.2, 0.25) is 0 Å². The maximum absolute atomic E-state index is 12.2. The molecule has 0 saturated carbocycles. The van der Waals surface area contributed by atoms with Crippen LogP contribution in [0.2, 0.25) is 0 Å². The second kappa shape index (κ2) is 9.20. The molecule has 1 aromatic carbocycles. The summed E-state index contributed by atoms with van der Waals surface area (Å²) in [7, 11) is 2.16. The Balaban J connectivity index is 1.73. The third-order valence-corrected chi connectivity index (χ3v) is 4.91. The Morgan fingerprint density at radius 1 is 1.08 bits per heavy atom. The van der Waals surface area contributed by atoms with Gasteiger partial charge in [-0.3, -0.25) is 4.90 Å². The van der Waals surface area contributed by atoms with Gasteiger partial charge in [-0.15, -0.1) is 0 Å². The average molecular weight is 347 g/mol. The average Bonchev–Trinajstić information content (AvgIpc) is 2.52. The fourth-order valence-electron chi connectivity index (χ4n) is 3.41. The largest absolute Gasteiger partial charge is 0.335 e. The van der Waals surface area contributed by atoms with Crippen LogP contribution in [0.4, 0.5) is 4.79 Å². The van der Waals surface area contributed by atoms with Crippen molar-refractivity contribution in [3.63, 3.8) is 0 Å². The van der Waals surface area contributed by atoms with Crippen molar-refractivity contribution in [1.29, 1.82) is 0 Å². The minimum Gasteiger partial charge on any atom is -0.335 e. The fraction of sp³-hybridized carbons (Fsp3) is 0.650. The number of amides is 2. The van der Waals surface area contributed by atoms with E-state index in [0.717, 1.165) is 39.1 Å². The molecular weight excluding hydrogens is 312 g/mol. The van der Waals surface area contributed by atoms with Crippen molar-refractivity contribution in [3.05, 3.63) is 34.9 Å². The molecule has 2 N–H and O–H groups in total. The molecular formula is C20H34N4O. The Kier molecular flexibility index (Phi) is 7.26. The molecule has 2 atom stereocenters. The lowest BCUT2D eigenvalue weighted by Crippen LogP contribution is -2.52. The highest BCUT2D eigenvalue weighted by Crippen LogP contribution is 2.12. The Morgan fingerprint density at radius 3 is 2.36 bits per heavy atom. The summed E-state index contributed by atoms with van der Waals surface area (Å²) in [5.74, 6) is 0. The van der Waals surface area contributed by atoms with Gasteiger partial charge < -0.3 is 15.5 Å². The summed E-state index contributed by atoms with van der Waals surface area (Å²) >= 11 is 0. The molecule has 1 saturated heterocycles. The van der Waals surface area contributed by atoms with E-state index in [1.807, 2.05) is 0 Å². The quantitative estimate of drug-likeness (QED) is 0.830. The van der Waals surface area contributed by atoms with Crippen molar-refractivity contribution >= 4 is 6.03 Å². The summed E-state index contributed by atoms with van der Waals surface area (Å²) in [5, 5.41) is 6.14. The van der Waals surface area contributed by atoms with Crippen molar-refractivity contribution in [2.24, 2.45) is 0 Å². The van der Waals surface area contributed by atoms with Crippen LogP contribution < -0.4 is 10.6 Å². The number of likely N-dealkylation sites (N-methyl/N-ethyl adjacent to an activating group) is 1. The van der Waals surface area contributed by atoms with E-state index in [2.05, 4.69) is 73.4 Å². The Morgan fingerprint density at radius 2 is 1.72 bits per heavy atom. The van der Waals surface area contributed by atoms with Crippen LogP contribution in [0.1, 0.15) is 30.5 Å². The number of carbonyl (C=O) groups excluding carboxylic acids is 1. The van der Waals surface area contributed by atoms with E-state index in [9.17, 15) is 4.79 Å². The van der Waals surface area contributed by atoms with Crippen LogP contribution in [-0.2, 0) is 6.42 Å². The first-order valence-electron chi connectivity index (χ1n) is 9.37. The zero-order valence-electron chi connectivity index (χ0n) is 16.4. The Bertz CT molecular complexity index is 567. The number of urea groups is 1. The number of carbonyl (C=O) groups is 1. The van der Waals surface area contributed by atoms with E-state index in [0.29, 0.717) is 0 Å². The van der Waals surface area contributed by atoms with Crippen molar-refractivity contribution < 1.29 is 4.79 Å². The highest BCUT2D eigenvalue weighted by Gasteiger charge is 2.17. The standard InChI is InChI=1S/C20H34N4O/c1-15-6-7-19(16(2)12-15)13-17(3)21-20(25)22-18(4)14-24-10-8-23(5)9-11-24/h6-7,12,17-18H,8-11,13-14H2,1-5H3,(H2,21,22,25). The first kappa shape index (κ1) is 19.7. The van der Waals surface area contributed by atoms with Crippen molar-refractivity contribution in [2.45, 2.75) is 46.2 Å². The molecule has 2 amide bonds. The van der Waals surface area contributed by atoms with E-state index in [4.69, 9.17) is 0 Å². The van der Waals surface area contributed by atoms with E-state index in [-0.39, 0.29) is 18.1 Å². The van der Waals surface area contributed by atoms with Crippen molar-refractivity contribution in [3.8, 4) is 0 Å². The number of nitrogens with zero attached hydrogens (tertiary/aromatic N) is 2. The van der Waals surface area contributed by atoms with E-state index >= 15 is 0 Å². The van der Waals surface area contributed by atoms with Gasteiger partial charge in [-0.25, -0.2) is 4.79 Å². The molecule has 5 nitrogen and oxygen atoms in total. The molecule has 0 aromatic heterocycles. The van der Waals surface area contributed by atoms with Crippen molar-refractivity contribution in [2.75, 3.05) is 39.8 Å². The third kappa shape index (κ3) is 6.67. The van der Waals surface area contributed by atoms with Gasteiger partial charge in [-0.1, -0.05) is 23.8 Å². The summed E-state index contributed by atoms with van der Waals surface area (Å²) in [4.78, 5) is 17.0. The summed E-state index contributed by atoms with van der Waals surface area (Å²) in [6, 6.07) is 6.68. The maximum Gasteiger partial charge on any atom is 0.315 e. The molecule has 0 aliphatic carbocycles. The van der Waals surface area contributed by atoms with Gasteiger partial charge in [0.1, 0.15) is 0 Å². The number of nitrogens with one attached hydrogen (secondary N) is 2. The van der Waals surface area contributed by atoms with Gasteiger partial charge in [0.25, 0.3) is 0 Å². The molecule has 5 heteroatoms. The predicted molar refractivity (Wildman–Crippen MR) is 104 cm³/mol. The van der Waals surface area contributed by atoms with Crippen LogP contribution in [0.15, 0.2) is 18.2 Å². The van der Waals surface area contributed by atoms with Gasteiger partial charge in [0.05, 0.1) is 0 Å². The van der Waals surface area contributed by atoms with Gasteiger partial charge >= 0.3 is 6.03 Å². The summed E-state index contributed by atoms with van der Waals surface area (Å²) in [6.07, 6.45) is 0.854. The van der Waals surface area contributed by atoms with Gasteiger partial charge in [0.15, 0.2) is 0 Å². The summed E-state index contributed by atoms with van der Waals surface area (Å²) in [6.45, 7) is 13.6. The topological polar surface area (TPSA) is 47.6 Å². The molecule has 2 unspecified atom stereocenters. The molecule has 1 aliphatic heterocycles. The number of hydrogen-bond acceptors (Lipinski definition) is 3. The molecule has 0 bridgehead atoms. The normalized spacial score (nSPS) is 18.6.